The third-order valence-corrected chi connectivity index (χ3v) is 5.26. The summed E-state index contributed by atoms with van der Waals surface area (Å²) in [5.74, 6) is 2.45. The molecule has 2 aromatic carbocycles. The summed E-state index contributed by atoms with van der Waals surface area (Å²) in [6, 6.07) is 13.3. The molecule has 0 fully saturated rings. The maximum Gasteiger partial charge on any atom is 0.255 e. The molecule has 6 heteroatoms. The Bertz CT molecular complexity index is 1030. The molecular formula is C23H26N4O2. The van der Waals surface area contributed by atoms with Crippen molar-refractivity contribution in [1.29, 1.82) is 0 Å². The summed E-state index contributed by atoms with van der Waals surface area (Å²) in [5, 5.41) is 11.9. The minimum absolute atomic E-state index is 0.160. The topological polar surface area (TPSA) is 69.0 Å². The largest absolute Gasteiger partial charge is 0.494 e. The third kappa shape index (κ3) is 4.16. The Labute approximate surface area is 170 Å². The van der Waals surface area contributed by atoms with Crippen molar-refractivity contribution >= 4 is 11.6 Å². The van der Waals surface area contributed by atoms with Crippen LogP contribution in [0.2, 0.25) is 0 Å². The molecule has 0 spiro atoms. The van der Waals surface area contributed by atoms with Gasteiger partial charge in [0.1, 0.15) is 11.6 Å². The number of rotatable bonds is 5. The molecule has 2 heterocycles. The Morgan fingerprint density at radius 2 is 2.03 bits per heavy atom. The number of benzene rings is 2. The molecule has 0 saturated carbocycles. The van der Waals surface area contributed by atoms with E-state index in [2.05, 4.69) is 20.1 Å². The Hall–Kier alpha value is -3.15. The summed E-state index contributed by atoms with van der Waals surface area (Å²) in [5.41, 5.74) is 3.31. The number of amides is 1. The normalized spacial score (nSPS) is 13.4. The molecule has 29 heavy (non-hydrogen) atoms. The van der Waals surface area contributed by atoms with Crippen molar-refractivity contribution in [2.24, 2.45) is 0 Å². The first kappa shape index (κ1) is 19.2. The lowest BCUT2D eigenvalue weighted by Crippen LogP contribution is -2.13. The maximum absolute atomic E-state index is 12.8. The first-order valence-electron chi connectivity index (χ1n) is 10.2. The first-order valence-corrected chi connectivity index (χ1v) is 10.2. The molecule has 0 unspecified atom stereocenters. The number of hydrogen-bond acceptors (Lipinski definition) is 4. The Balaban J connectivity index is 1.60. The van der Waals surface area contributed by atoms with Gasteiger partial charge in [-0.3, -0.25) is 4.79 Å². The number of ether oxygens (including phenoxy) is 1. The molecule has 0 radical (unpaired) electrons. The van der Waals surface area contributed by atoms with E-state index in [0.29, 0.717) is 17.9 Å². The smallest absolute Gasteiger partial charge is 0.255 e. The van der Waals surface area contributed by atoms with E-state index < -0.39 is 0 Å². The lowest BCUT2D eigenvalue weighted by Gasteiger charge is -2.12. The summed E-state index contributed by atoms with van der Waals surface area (Å²) >= 11 is 0. The van der Waals surface area contributed by atoms with Gasteiger partial charge < -0.3 is 14.6 Å². The number of fused-ring (bicyclic) bond motifs is 1. The molecule has 1 amide bonds. The second-order valence-corrected chi connectivity index (χ2v) is 7.35. The summed E-state index contributed by atoms with van der Waals surface area (Å²) in [7, 11) is 0. The molecule has 0 bridgehead atoms. The van der Waals surface area contributed by atoms with E-state index in [0.717, 1.165) is 54.3 Å². The van der Waals surface area contributed by atoms with E-state index in [1.54, 1.807) is 12.1 Å². The molecule has 0 atom stereocenters. The van der Waals surface area contributed by atoms with Crippen molar-refractivity contribution in [3.05, 3.63) is 59.4 Å². The molecular weight excluding hydrogens is 364 g/mol. The van der Waals surface area contributed by atoms with Gasteiger partial charge in [-0.1, -0.05) is 24.6 Å². The van der Waals surface area contributed by atoms with Crippen LogP contribution < -0.4 is 10.1 Å². The van der Waals surface area contributed by atoms with Crippen LogP contribution in [0.3, 0.4) is 0 Å². The van der Waals surface area contributed by atoms with Gasteiger partial charge in [-0.05, 0) is 56.5 Å². The first-order chi connectivity index (χ1) is 14.2. The van der Waals surface area contributed by atoms with Gasteiger partial charge in [0.15, 0.2) is 5.82 Å². The fourth-order valence-corrected chi connectivity index (χ4v) is 3.68. The Kier molecular flexibility index (Phi) is 5.60. The molecule has 6 nitrogen and oxygen atoms in total. The van der Waals surface area contributed by atoms with Gasteiger partial charge >= 0.3 is 0 Å². The zero-order valence-corrected chi connectivity index (χ0v) is 16.9. The van der Waals surface area contributed by atoms with Gasteiger partial charge in [-0.25, -0.2) is 0 Å². The highest BCUT2D eigenvalue weighted by molar-refractivity contribution is 6.05. The second-order valence-electron chi connectivity index (χ2n) is 7.35. The molecule has 1 aliphatic heterocycles. The average Bonchev–Trinajstić information content (AvgIpc) is 2.98. The lowest BCUT2D eigenvalue weighted by molar-refractivity contribution is 0.102. The van der Waals surface area contributed by atoms with Crippen molar-refractivity contribution in [3.8, 4) is 17.1 Å². The number of hydrogen-bond donors (Lipinski definition) is 1. The molecule has 1 aromatic heterocycles. The van der Waals surface area contributed by atoms with E-state index in [1.165, 1.54) is 6.42 Å². The summed E-state index contributed by atoms with van der Waals surface area (Å²) in [6.07, 6.45) is 4.50. The molecule has 3 aromatic rings. The van der Waals surface area contributed by atoms with Crippen LogP contribution in [0, 0.1) is 6.92 Å². The van der Waals surface area contributed by atoms with Crippen molar-refractivity contribution < 1.29 is 9.53 Å². The van der Waals surface area contributed by atoms with E-state index >= 15 is 0 Å². The average molecular weight is 390 g/mol. The number of anilines is 1. The summed E-state index contributed by atoms with van der Waals surface area (Å²) in [6.45, 7) is 5.42. The van der Waals surface area contributed by atoms with E-state index in [9.17, 15) is 4.79 Å². The SMILES string of the molecule is CCOc1cccc(C(=O)Nc2cc(-c3nnc4n3CCCCC4)ccc2C)c1. The van der Waals surface area contributed by atoms with Crippen LogP contribution >= 0.6 is 0 Å². The van der Waals surface area contributed by atoms with Crippen LogP contribution in [0.1, 0.15) is 47.9 Å². The zero-order chi connectivity index (χ0) is 20.2. The van der Waals surface area contributed by atoms with Gasteiger partial charge in [0, 0.05) is 29.8 Å². The number of aryl methyl sites for hydroxylation is 2. The van der Waals surface area contributed by atoms with Crippen LogP contribution in [0.15, 0.2) is 42.5 Å². The van der Waals surface area contributed by atoms with Crippen LogP contribution in [-0.2, 0) is 13.0 Å². The van der Waals surface area contributed by atoms with Crippen molar-refractivity contribution in [2.45, 2.75) is 46.1 Å². The van der Waals surface area contributed by atoms with E-state index in [-0.39, 0.29) is 5.91 Å². The molecule has 150 valence electrons. The second kappa shape index (κ2) is 8.47. The highest BCUT2D eigenvalue weighted by Crippen LogP contribution is 2.27. The van der Waals surface area contributed by atoms with Crippen LogP contribution in [0.5, 0.6) is 5.75 Å². The highest BCUT2D eigenvalue weighted by atomic mass is 16.5. The van der Waals surface area contributed by atoms with Crippen LogP contribution in [0.25, 0.3) is 11.4 Å². The minimum Gasteiger partial charge on any atom is -0.494 e. The minimum atomic E-state index is -0.160. The number of nitrogens with zero attached hydrogens (tertiary/aromatic N) is 3. The van der Waals surface area contributed by atoms with E-state index in [4.69, 9.17) is 4.74 Å². The Morgan fingerprint density at radius 1 is 1.14 bits per heavy atom. The fraction of sp³-hybridized carbons (Fsp3) is 0.348. The molecule has 0 aliphatic carbocycles. The van der Waals surface area contributed by atoms with Gasteiger partial charge in [0.05, 0.1) is 6.61 Å². The van der Waals surface area contributed by atoms with Gasteiger partial charge in [-0.2, -0.15) is 0 Å². The van der Waals surface area contributed by atoms with E-state index in [1.807, 2.05) is 44.2 Å². The number of carbonyl (C=O) groups excluding carboxylic acids is 1. The molecule has 4 rings (SSSR count). The lowest BCUT2D eigenvalue weighted by atomic mass is 10.1. The van der Waals surface area contributed by atoms with Gasteiger partial charge in [0.2, 0.25) is 0 Å². The van der Waals surface area contributed by atoms with Crippen LogP contribution in [0.4, 0.5) is 5.69 Å². The monoisotopic (exact) mass is 390 g/mol. The Morgan fingerprint density at radius 3 is 2.90 bits per heavy atom. The molecule has 1 N–H and O–H groups in total. The van der Waals surface area contributed by atoms with Crippen molar-refractivity contribution in [2.75, 3.05) is 11.9 Å². The summed E-state index contributed by atoms with van der Waals surface area (Å²) in [4.78, 5) is 12.8. The van der Waals surface area contributed by atoms with Gasteiger partial charge in [-0.15, -0.1) is 10.2 Å². The maximum atomic E-state index is 12.8. The molecule has 1 aliphatic rings. The number of nitrogens with one attached hydrogen (secondary N) is 1. The third-order valence-electron chi connectivity index (χ3n) is 5.26. The van der Waals surface area contributed by atoms with Gasteiger partial charge in [0.25, 0.3) is 5.91 Å². The van der Waals surface area contributed by atoms with Crippen LogP contribution in [-0.4, -0.2) is 27.3 Å². The predicted molar refractivity (Wildman–Crippen MR) is 113 cm³/mol. The standard InChI is InChI=1S/C23H26N4O2/c1-3-29-19-9-7-8-18(14-19)23(28)24-20-15-17(12-11-16(20)2)22-26-25-21-10-5-4-6-13-27(21)22/h7-9,11-12,14-15H,3-6,10,13H2,1-2H3,(H,24,28). The summed E-state index contributed by atoms with van der Waals surface area (Å²) < 4.78 is 7.72. The van der Waals surface area contributed by atoms with Crippen molar-refractivity contribution in [3.63, 3.8) is 0 Å². The van der Waals surface area contributed by atoms with Crippen molar-refractivity contribution in [1.82, 2.24) is 14.8 Å². The molecule has 0 saturated heterocycles. The highest BCUT2D eigenvalue weighted by Gasteiger charge is 2.17. The fourth-order valence-electron chi connectivity index (χ4n) is 3.68. The number of aromatic nitrogens is 3. The predicted octanol–water partition coefficient (Wildman–Crippen LogP) is 4.63. The quantitative estimate of drug-likeness (QED) is 0.690. The zero-order valence-electron chi connectivity index (χ0n) is 16.9. The number of carbonyl (C=O) groups is 1.